The molecule has 21 heavy (non-hydrogen) atoms. The van der Waals surface area contributed by atoms with Crippen LogP contribution in [0.3, 0.4) is 0 Å². The predicted molar refractivity (Wildman–Crippen MR) is 85.0 cm³/mol. The van der Waals surface area contributed by atoms with Crippen molar-refractivity contribution in [1.29, 1.82) is 0 Å². The lowest BCUT2D eigenvalue weighted by Gasteiger charge is -2.17. The summed E-state index contributed by atoms with van der Waals surface area (Å²) < 4.78 is 0. The van der Waals surface area contributed by atoms with Gasteiger partial charge < -0.3 is 15.3 Å². The lowest BCUT2D eigenvalue weighted by molar-refractivity contribution is 0.414. The van der Waals surface area contributed by atoms with E-state index in [2.05, 4.69) is 6.92 Å². The molecule has 0 heterocycles. The van der Waals surface area contributed by atoms with Gasteiger partial charge in [0.25, 0.3) is 0 Å². The molecule has 0 aliphatic rings. The average Bonchev–Trinajstić information content (AvgIpc) is 2.48. The van der Waals surface area contributed by atoms with Gasteiger partial charge in [-0.15, -0.1) is 0 Å². The summed E-state index contributed by atoms with van der Waals surface area (Å²) in [5, 5.41) is 31.1. The molecule has 0 saturated heterocycles. The van der Waals surface area contributed by atoms with Crippen LogP contribution < -0.4 is 0 Å². The van der Waals surface area contributed by atoms with Crippen LogP contribution in [0.2, 0.25) is 0 Å². The van der Waals surface area contributed by atoms with Gasteiger partial charge >= 0.3 is 0 Å². The summed E-state index contributed by atoms with van der Waals surface area (Å²) in [6.45, 7) is 5.81. The summed E-state index contributed by atoms with van der Waals surface area (Å²) in [7, 11) is 0. The molecule has 0 aliphatic carbocycles. The Hall–Kier alpha value is -2.16. The van der Waals surface area contributed by atoms with Crippen LogP contribution in [-0.2, 0) is 19.3 Å². The van der Waals surface area contributed by atoms with Crippen molar-refractivity contribution in [2.75, 3.05) is 0 Å². The molecule has 3 nitrogen and oxygen atoms in total. The molecule has 0 spiro atoms. The molecule has 0 amide bonds. The first-order valence-electron chi connectivity index (χ1n) is 7.42. The van der Waals surface area contributed by atoms with Gasteiger partial charge in [-0.1, -0.05) is 45.0 Å². The molecule has 2 aromatic carbocycles. The highest BCUT2D eigenvalue weighted by atomic mass is 16.3. The maximum atomic E-state index is 10.5. The lowest BCUT2D eigenvalue weighted by atomic mass is 9.92. The molecule has 112 valence electrons. The van der Waals surface area contributed by atoms with Gasteiger partial charge in [-0.05, 0) is 30.4 Å². The molecule has 2 rings (SSSR count). The molecule has 3 heteroatoms. The molecule has 0 unspecified atom stereocenters. The second-order valence-electron chi connectivity index (χ2n) is 5.14. The summed E-state index contributed by atoms with van der Waals surface area (Å²) in [5.74, 6) is -0.0543. The number of phenols is 3. The highest BCUT2D eigenvalue weighted by Crippen LogP contribution is 2.47. The second-order valence-corrected chi connectivity index (χ2v) is 5.14. The van der Waals surface area contributed by atoms with Crippen LogP contribution in [0.4, 0.5) is 0 Å². The summed E-state index contributed by atoms with van der Waals surface area (Å²) in [6.07, 6.45) is 1.89. The Morgan fingerprint density at radius 3 is 1.81 bits per heavy atom. The van der Waals surface area contributed by atoms with Crippen LogP contribution in [0, 0.1) is 0 Å². The third-order valence-corrected chi connectivity index (χ3v) is 3.95. The standard InChI is InChI=1S/C18H22O3/c1-4-11-8-7-9-12(10-11)15-17(20)13(5-2)16(19)14(6-3)18(15)21/h7-10,19-21H,4-6H2,1-3H3. The van der Waals surface area contributed by atoms with Crippen molar-refractivity contribution in [1.82, 2.24) is 0 Å². The van der Waals surface area contributed by atoms with Crippen LogP contribution in [0.5, 0.6) is 17.2 Å². The van der Waals surface area contributed by atoms with Crippen molar-refractivity contribution >= 4 is 0 Å². The second kappa shape index (κ2) is 6.08. The Morgan fingerprint density at radius 1 is 0.762 bits per heavy atom. The topological polar surface area (TPSA) is 60.7 Å². The van der Waals surface area contributed by atoms with Gasteiger partial charge in [0.15, 0.2) is 0 Å². The molecular weight excluding hydrogens is 264 g/mol. The molecule has 0 aromatic heterocycles. The van der Waals surface area contributed by atoms with E-state index in [9.17, 15) is 15.3 Å². The largest absolute Gasteiger partial charge is 0.507 e. The molecule has 2 aromatic rings. The van der Waals surface area contributed by atoms with E-state index in [0.29, 0.717) is 29.5 Å². The Morgan fingerprint density at radius 2 is 1.33 bits per heavy atom. The highest BCUT2D eigenvalue weighted by Gasteiger charge is 2.22. The van der Waals surface area contributed by atoms with Gasteiger partial charge in [0, 0.05) is 11.1 Å². The van der Waals surface area contributed by atoms with E-state index in [1.54, 1.807) is 0 Å². The van der Waals surface area contributed by atoms with Crippen LogP contribution in [0.1, 0.15) is 37.5 Å². The van der Waals surface area contributed by atoms with E-state index in [1.807, 2.05) is 38.1 Å². The number of benzene rings is 2. The number of hydrogen-bond acceptors (Lipinski definition) is 3. The Balaban J connectivity index is 2.78. The minimum Gasteiger partial charge on any atom is -0.507 e. The van der Waals surface area contributed by atoms with Crippen LogP contribution in [0.15, 0.2) is 24.3 Å². The lowest BCUT2D eigenvalue weighted by Crippen LogP contribution is -1.95. The zero-order valence-electron chi connectivity index (χ0n) is 12.8. The van der Waals surface area contributed by atoms with Gasteiger partial charge in [0.1, 0.15) is 17.2 Å². The third kappa shape index (κ3) is 2.56. The summed E-state index contributed by atoms with van der Waals surface area (Å²) in [4.78, 5) is 0. The molecule has 0 radical (unpaired) electrons. The summed E-state index contributed by atoms with van der Waals surface area (Å²) in [6, 6.07) is 7.76. The molecular formula is C18H22O3. The number of aryl methyl sites for hydroxylation is 1. The van der Waals surface area contributed by atoms with Gasteiger partial charge in [-0.2, -0.15) is 0 Å². The van der Waals surface area contributed by atoms with Crippen molar-refractivity contribution < 1.29 is 15.3 Å². The van der Waals surface area contributed by atoms with Crippen LogP contribution >= 0.6 is 0 Å². The first-order chi connectivity index (χ1) is 10.0. The van der Waals surface area contributed by atoms with Crippen molar-refractivity contribution in [2.24, 2.45) is 0 Å². The quantitative estimate of drug-likeness (QED) is 0.791. The monoisotopic (exact) mass is 286 g/mol. The van der Waals surface area contributed by atoms with E-state index in [1.165, 1.54) is 0 Å². The Bertz CT molecular complexity index is 629. The zero-order chi connectivity index (χ0) is 15.6. The zero-order valence-corrected chi connectivity index (χ0v) is 12.8. The SMILES string of the molecule is CCc1cccc(-c2c(O)c(CC)c(O)c(CC)c2O)c1. The Kier molecular flexibility index (Phi) is 4.41. The molecule has 3 N–H and O–H groups in total. The molecule has 0 atom stereocenters. The van der Waals surface area contributed by atoms with E-state index < -0.39 is 0 Å². The minimum absolute atomic E-state index is 0.00500. The van der Waals surface area contributed by atoms with E-state index >= 15 is 0 Å². The van der Waals surface area contributed by atoms with Gasteiger partial charge in [-0.3, -0.25) is 0 Å². The van der Waals surface area contributed by atoms with Crippen LogP contribution in [-0.4, -0.2) is 15.3 Å². The smallest absolute Gasteiger partial charge is 0.134 e. The van der Waals surface area contributed by atoms with Crippen LogP contribution in [0.25, 0.3) is 11.1 Å². The summed E-state index contributed by atoms with van der Waals surface area (Å²) >= 11 is 0. The first-order valence-corrected chi connectivity index (χ1v) is 7.42. The molecule has 0 aliphatic heterocycles. The number of rotatable bonds is 4. The normalized spacial score (nSPS) is 10.8. The van der Waals surface area contributed by atoms with Crippen molar-refractivity contribution in [3.05, 3.63) is 41.0 Å². The van der Waals surface area contributed by atoms with Crippen molar-refractivity contribution in [3.63, 3.8) is 0 Å². The van der Waals surface area contributed by atoms with E-state index in [4.69, 9.17) is 0 Å². The van der Waals surface area contributed by atoms with Crippen molar-refractivity contribution in [2.45, 2.75) is 40.0 Å². The molecule has 0 fully saturated rings. The van der Waals surface area contributed by atoms with Gasteiger partial charge in [0.2, 0.25) is 0 Å². The molecule has 0 bridgehead atoms. The van der Waals surface area contributed by atoms with E-state index in [-0.39, 0.29) is 17.2 Å². The maximum absolute atomic E-state index is 10.5. The maximum Gasteiger partial charge on any atom is 0.134 e. The Labute approximate surface area is 125 Å². The first kappa shape index (κ1) is 15.2. The predicted octanol–water partition coefficient (Wildman–Crippen LogP) is 4.16. The van der Waals surface area contributed by atoms with Gasteiger partial charge in [0.05, 0.1) is 5.56 Å². The average molecular weight is 286 g/mol. The number of aromatic hydroxyl groups is 3. The van der Waals surface area contributed by atoms with Gasteiger partial charge in [-0.25, -0.2) is 0 Å². The van der Waals surface area contributed by atoms with E-state index in [0.717, 1.165) is 17.5 Å². The number of phenolic OH excluding ortho intramolecular Hbond substituents is 3. The number of hydrogen-bond donors (Lipinski definition) is 3. The fourth-order valence-corrected chi connectivity index (χ4v) is 2.71. The summed E-state index contributed by atoms with van der Waals surface area (Å²) in [5.41, 5.74) is 3.30. The minimum atomic E-state index is -0.0297. The fourth-order valence-electron chi connectivity index (χ4n) is 2.71. The third-order valence-electron chi connectivity index (χ3n) is 3.95. The molecule has 0 saturated carbocycles. The van der Waals surface area contributed by atoms with Crippen molar-refractivity contribution in [3.8, 4) is 28.4 Å². The highest BCUT2D eigenvalue weighted by molar-refractivity contribution is 5.82. The fraction of sp³-hybridized carbons (Fsp3) is 0.333.